The molecule has 1 aromatic carbocycles. The van der Waals surface area contributed by atoms with E-state index in [-0.39, 0.29) is 19.8 Å². The number of phosphoric ester groups is 1. The Morgan fingerprint density at radius 1 is 1.06 bits per heavy atom. The molecule has 3 unspecified atom stereocenters. The third kappa shape index (κ3) is 12.2. The molecule has 4 N–H and O–H groups in total. The topological polar surface area (TPSA) is 141 Å². The average molecular weight is 464 g/mol. The van der Waals surface area contributed by atoms with Crippen LogP contribution < -0.4 is 10.4 Å². The first kappa shape index (κ1) is 28.3. The standard InChI is InChI=1S/C19H35BNO9P/c1-21(2,3)12-14-29-31(25,26)28-13-6-5-7-18(15-22)30-19(27-4)16-8-10-17(11-9-16)20(23)24/h8-11,18-19,22-24H,5-7,12-15H2,1-4H3/p+1. The molecule has 0 heterocycles. The first-order valence-corrected chi connectivity index (χ1v) is 11.6. The van der Waals surface area contributed by atoms with Gasteiger partial charge >= 0.3 is 15.3 Å². The minimum absolute atomic E-state index is 0.0506. The van der Waals surface area contributed by atoms with Crippen LogP contribution in [0.5, 0.6) is 0 Å². The first-order chi connectivity index (χ1) is 14.5. The van der Waals surface area contributed by atoms with Gasteiger partial charge in [-0.2, -0.15) is 13.9 Å². The molecule has 0 amide bonds. The second-order valence-corrected chi connectivity index (χ2v) is 9.65. The van der Waals surface area contributed by atoms with Crippen molar-refractivity contribution < 1.29 is 47.9 Å². The SMILES string of the molecule is COC(OC(CO)CCCCO[P+]([O-])(O)OCC[N+](C)(C)C)c1ccc(B(O)O)cc1. The molecule has 0 saturated carbocycles. The fourth-order valence-electron chi connectivity index (χ4n) is 2.59. The first-order valence-electron chi connectivity index (χ1n) is 10.1. The summed E-state index contributed by atoms with van der Waals surface area (Å²) in [4.78, 5) is 21.5. The van der Waals surface area contributed by atoms with Gasteiger partial charge in [0.1, 0.15) is 13.2 Å². The van der Waals surface area contributed by atoms with Crippen LogP contribution in [0.15, 0.2) is 24.3 Å². The smallest absolute Gasteiger partial charge is 0.488 e. The Kier molecular flexibility index (Phi) is 12.6. The zero-order valence-electron chi connectivity index (χ0n) is 18.7. The van der Waals surface area contributed by atoms with Crippen molar-refractivity contribution in [3.63, 3.8) is 0 Å². The molecule has 0 aliphatic carbocycles. The van der Waals surface area contributed by atoms with Crippen LogP contribution in [0.3, 0.4) is 0 Å². The lowest BCUT2D eigenvalue weighted by atomic mass is 9.80. The molecule has 3 atom stereocenters. The maximum atomic E-state index is 11.9. The Bertz CT molecular complexity index is 613. The second-order valence-electron chi connectivity index (χ2n) is 8.19. The molecule has 0 saturated heterocycles. The van der Waals surface area contributed by atoms with Crippen molar-refractivity contribution in [1.29, 1.82) is 0 Å². The van der Waals surface area contributed by atoms with Crippen LogP contribution >= 0.6 is 8.17 Å². The highest BCUT2D eigenvalue weighted by Crippen LogP contribution is 2.47. The van der Waals surface area contributed by atoms with Crippen LogP contribution in [0, 0.1) is 0 Å². The third-order valence-corrected chi connectivity index (χ3v) is 5.45. The molecule has 0 aromatic heterocycles. The predicted octanol–water partition coefficient (Wildman–Crippen LogP) is -0.671. The molecule has 10 nitrogen and oxygen atoms in total. The van der Waals surface area contributed by atoms with Gasteiger partial charge in [-0.15, -0.1) is 0 Å². The fraction of sp³-hybridized carbons (Fsp3) is 0.684. The molecule has 0 radical (unpaired) electrons. The van der Waals surface area contributed by atoms with E-state index in [4.69, 9.17) is 28.6 Å². The number of aliphatic hydroxyl groups is 1. The lowest BCUT2D eigenvalue weighted by molar-refractivity contribution is -0.870. The largest absolute Gasteiger partial charge is 0.606 e. The van der Waals surface area contributed by atoms with Crippen molar-refractivity contribution in [2.24, 2.45) is 0 Å². The number of phosphoric acid groups is 1. The Morgan fingerprint density at radius 2 is 1.68 bits per heavy atom. The normalized spacial score (nSPS) is 16.0. The van der Waals surface area contributed by atoms with Gasteiger partial charge in [0.2, 0.25) is 0 Å². The molecular formula is C19H36BNO9P+. The van der Waals surface area contributed by atoms with Crippen molar-refractivity contribution in [1.82, 2.24) is 0 Å². The van der Waals surface area contributed by atoms with E-state index >= 15 is 0 Å². The number of methoxy groups -OCH3 is 1. The Labute approximate surface area is 185 Å². The molecule has 0 fully saturated rings. The van der Waals surface area contributed by atoms with Crippen LogP contribution in [0.4, 0.5) is 0 Å². The van der Waals surface area contributed by atoms with Gasteiger partial charge < -0.3 is 34.0 Å². The number of nitrogens with zero attached hydrogens (tertiary/aromatic N) is 1. The Hall–Kier alpha value is -0.685. The fourth-order valence-corrected chi connectivity index (χ4v) is 3.34. The number of quaternary nitrogens is 1. The van der Waals surface area contributed by atoms with E-state index in [1.54, 1.807) is 24.3 Å². The van der Waals surface area contributed by atoms with Gasteiger partial charge in [-0.1, -0.05) is 24.3 Å². The van der Waals surface area contributed by atoms with Gasteiger partial charge in [-0.25, -0.2) is 0 Å². The number of unbranched alkanes of at least 4 members (excludes halogenated alkanes) is 1. The number of rotatable bonds is 16. The minimum Gasteiger partial charge on any atom is -0.606 e. The highest BCUT2D eigenvalue weighted by molar-refractivity contribution is 7.52. The molecule has 12 heteroatoms. The van der Waals surface area contributed by atoms with Crippen LogP contribution in [0.1, 0.15) is 31.1 Å². The molecule has 0 aliphatic heterocycles. The highest BCUT2D eigenvalue weighted by atomic mass is 31.2. The van der Waals surface area contributed by atoms with Crippen LogP contribution in [0.25, 0.3) is 0 Å². The number of hydrogen-bond donors (Lipinski definition) is 4. The van der Waals surface area contributed by atoms with Gasteiger partial charge in [-0.05, 0) is 24.7 Å². The Balaban J connectivity index is 2.37. The summed E-state index contributed by atoms with van der Waals surface area (Å²) in [5.41, 5.74) is 1.01. The van der Waals surface area contributed by atoms with Gasteiger partial charge in [0.25, 0.3) is 0 Å². The zero-order chi connectivity index (χ0) is 23.5. The molecule has 0 bridgehead atoms. The summed E-state index contributed by atoms with van der Waals surface area (Å²) < 4.78 is 21.7. The summed E-state index contributed by atoms with van der Waals surface area (Å²) in [6.07, 6.45) is 0.339. The quantitative estimate of drug-likeness (QED) is 0.0824. The lowest BCUT2D eigenvalue weighted by Crippen LogP contribution is -2.38. The van der Waals surface area contributed by atoms with Crippen LogP contribution in [0.2, 0.25) is 0 Å². The molecule has 1 aromatic rings. The second kappa shape index (κ2) is 13.8. The average Bonchev–Trinajstić information content (AvgIpc) is 2.69. The summed E-state index contributed by atoms with van der Waals surface area (Å²) in [6.45, 7) is 0.525. The highest BCUT2D eigenvalue weighted by Gasteiger charge is 2.28. The maximum absolute atomic E-state index is 11.9. The minimum atomic E-state index is -4.07. The van der Waals surface area contributed by atoms with Gasteiger partial charge in [0.05, 0.1) is 40.5 Å². The van der Waals surface area contributed by atoms with Gasteiger partial charge in [0.15, 0.2) is 6.29 Å². The summed E-state index contributed by atoms with van der Waals surface area (Å²) in [5, 5.41) is 27.9. The zero-order valence-corrected chi connectivity index (χ0v) is 19.6. The van der Waals surface area contributed by atoms with E-state index < -0.39 is 27.7 Å². The monoisotopic (exact) mass is 464 g/mol. The van der Waals surface area contributed by atoms with Crippen molar-refractivity contribution in [2.45, 2.75) is 31.7 Å². The van der Waals surface area contributed by atoms with Crippen LogP contribution in [-0.2, 0) is 18.5 Å². The van der Waals surface area contributed by atoms with Crippen molar-refractivity contribution in [2.75, 3.05) is 54.6 Å². The Morgan fingerprint density at radius 3 is 2.19 bits per heavy atom. The predicted molar refractivity (Wildman–Crippen MR) is 116 cm³/mol. The number of hydrogen-bond acceptors (Lipinski definition) is 9. The van der Waals surface area contributed by atoms with E-state index in [0.717, 1.165) is 0 Å². The van der Waals surface area contributed by atoms with E-state index in [0.29, 0.717) is 41.3 Å². The summed E-state index contributed by atoms with van der Waals surface area (Å²) >= 11 is 0. The van der Waals surface area contributed by atoms with Crippen LogP contribution in [-0.4, -0.2) is 92.4 Å². The molecule has 0 aliphatic rings. The summed E-state index contributed by atoms with van der Waals surface area (Å²) in [5.74, 6) is 0. The van der Waals surface area contributed by atoms with E-state index in [1.807, 2.05) is 21.1 Å². The molecule has 31 heavy (non-hydrogen) atoms. The molecule has 178 valence electrons. The lowest BCUT2D eigenvalue weighted by Gasteiger charge is -2.25. The molecule has 1 rings (SSSR count). The summed E-state index contributed by atoms with van der Waals surface area (Å²) in [7, 11) is 1.70. The number of benzene rings is 1. The number of ether oxygens (including phenoxy) is 2. The van der Waals surface area contributed by atoms with E-state index in [1.165, 1.54) is 7.11 Å². The van der Waals surface area contributed by atoms with Crippen molar-refractivity contribution >= 4 is 20.8 Å². The van der Waals surface area contributed by atoms with Crippen molar-refractivity contribution in [3.05, 3.63) is 29.8 Å². The number of aliphatic hydroxyl groups excluding tert-OH is 1. The van der Waals surface area contributed by atoms with Gasteiger partial charge in [-0.3, -0.25) is 0 Å². The van der Waals surface area contributed by atoms with Gasteiger partial charge in [0, 0.05) is 12.7 Å². The summed E-state index contributed by atoms with van der Waals surface area (Å²) in [6, 6.07) is 6.41. The number of likely N-dealkylation sites (N-methyl/N-ethyl adjacent to an activating group) is 1. The van der Waals surface area contributed by atoms with Crippen molar-refractivity contribution in [3.8, 4) is 0 Å². The van der Waals surface area contributed by atoms with E-state index in [9.17, 15) is 14.9 Å². The van der Waals surface area contributed by atoms with E-state index in [2.05, 4.69) is 0 Å². The molecule has 0 spiro atoms. The maximum Gasteiger partial charge on any atom is 0.488 e. The molecular weight excluding hydrogens is 428 g/mol. The third-order valence-electron chi connectivity index (χ3n) is 4.43.